The molecule has 1 atom stereocenters. The molecule has 5 heteroatoms. The Kier molecular flexibility index (Phi) is 3.59. The minimum atomic E-state index is -0.865. The van der Waals surface area contributed by atoms with E-state index in [0.29, 0.717) is 13.1 Å². The lowest BCUT2D eigenvalue weighted by Gasteiger charge is -2.30. The molecular formula is C12H16F2N2O. The van der Waals surface area contributed by atoms with E-state index < -0.39 is 17.7 Å². The second-order valence-corrected chi connectivity index (χ2v) is 4.25. The van der Waals surface area contributed by atoms with E-state index in [4.69, 9.17) is 0 Å². The molecule has 2 N–H and O–H groups in total. The first-order valence-corrected chi connectivity index (χ1v) is 5.72. The van der Waals surface area contributed by atoms with Gasteiger partial charge >= 0.3 is 0 Å². The third-order valence-electron chi connectivity index (χ3n) is 2.95. The molecule has 1 unspecified atom stereocenters. The van der Waals surface area contributed by atoms with Crippen molar-refractivity contribution in [1.82, 2.24) is 5.32 Å². The van der Waals surface area contributed by atoms with Crippen molar-refractivity contribution >= 4 is 5.69 Å². The Morgan fingerprint density at radius 2 is 1.76 bits per heavy atom. The van der Waals surface area contributed by atoms with Gasteiger partial charge in [-0.05, 0) is 24.6 Å². The number of rotatable bonds is 2. The number of hydrogen-bond donors (Lipinski definition) is 2. The van der Waals surface area contributed by atoms with Gasteiger partial charge in [-0.25, -0.2) is 8.78 Å². The lowest BCUT2D eigenvalue weighted by Crippen LogP contribution is -2.44. The van der Waals surface area contributed by atoms with Crippen molar-refractivity contribution in [2.75, 3.05) is 31.1 Å². The molecule has 1 heterocycles. The standard InChI is InChI=1S/C12H16F2N2O/c1-8(17)9-6-10(13)12(11(14)7-9)16-4-2-15-3-5-16/h6-8,15,17H,2-5H2,1H3. The van der Waals surface area contributed by atoms with Gasteiger partial charge in [0.15, 0.2) is 0 Å². The van der Waals surface area contributed by atoms with Crippen LogP contribution in [0.3, 0.4) is 0 Å². The summed E-state index contributed by atoms with van der Waals surface area (Å²) in [6.07, 6.45) is -0.865. The molecule has 1 aliphatic rings. The van der Waals surface area contributed by atoms with Gasteiger partial charge in [0.25, 0.3) is 0 Å². The Balaban J connectivity index is 2.33. The Morgan fingerprint density at radius 3 is 2.24 bits per heavy atom. The largest absolute Gasteiger partial charge is 0.389 e. The minimum absolute atomic E-state index is 0.0101. The van der Waals surface area contributed by atoms with Crippen LogP contribution < -0.4 is 10.2 Å². The average molecular weight is 242 g/mol. The summed E-state index contributed by atoms with van der Waals surface area (Å²) in [6.45, 7) is 4.09. The third-order valence-corrected chi connectivity index (χ3v) is 2.95. The maximum Gasteiger partial charge on any atom is 0.149 e. The van der Waals surface area contributed by atoms with Gasteiger partial charge in [0, 0.05) is 26.2 Å². The molecule has 1 aromatic carbocycles. The molecule has 1 saturated heterocycles. The number of aliphatic hydroxyl groups excluding tert-OH is 1. The zero-order valence-electron chi connectivity index (χ0n) is 9.71. The van der Waals surface area contributed by atoms with Gasteiger partial charge < -0.3 is 15.3 Å². The minimum Gasteiger partial charge on any atom is -0.389 e. The second-order valence-electron chi connectivity index (χ2n) is 4.25. The quantitative estimate of drug-likeness (QED) is 0.823. The summed E-state index contributed by atoms with van der Waals surface area (Å²) in [6, 6.07) is 2.40. The van der Waals surface area contributed by atoms with E-state index in [1.165, 1.54) is 19.1 Å². The van der Waals surface area contributed by atoms with Crippen molar-refractivity contribution in [3.63, 3.8) is 0 Å². The Hall–Kier alpha value is -1.20. The fourth-order valence-corrected chi connectivity index (χ4v) is 2.02. The van der Waals surface area contributed by atoms with Gasteiger partial charge in [-0.15, -0.1) is 0 Å². The van der Waals surface area contributed by atoms with Crippen LogP contribution in [-0.4, -0.2) is 31.3 Å². The summed E-state index contributed by atoms with van der Waals surface area (Å²) < 4.78 is 27.7. The lowest BCUT2D eigenvalue weighted by molar-refractivity contribution is 0.198. The first kappa shape index (κ1) is 12.3. The Labute approximate surface area is 99.1 Å². The summed E-state index contributed by atoms with van der Waals surface area (Å²) in [4.78, 5) is 1.69. The molecule has 1 aliphatic heterocycles. The van der Waals surface area contributed by atoms with Gasteiger partial charge in [-0.1, -0.05) is 0 Å². The molecule has 17 heavy (non-hydrogen) atoms. The van der Waals surface area contributed by atoms with Crippen LogP contribution in [0.5, 0.6) is 0 Å². The first-order valence-electron chi connectivity index (χ1n) is 5.72. The monoisotopic (exact) mass is 242 g/mol. The highest BCUT2D eigenvalue weighted by Gasteiger charge is 2.20. The molecule has 0 aliphatic carbocycles. The zero-order chi connectivity index (χ0) is 12.4. The molecule has 2 rings (SSSR count). The van der Waals surface area contributed by atoms with E-state index in [-0.39, 0.29) is 11.3 Å². The fraction of sp³-hybridized carbons (Fsp3) is 0.500. The van der Waals surface area contributed by atoms with Gasteiger partial charge in [-0.3, -0.25) is 0 Å². The topological polar surface area (TPSA) is 35.5 Å². The first-order chi connectivity index (χ1) is 8.09. The van der Waals surface area contributed by atoms with Crippen LogP contribution in [0.15, 0.2) is 12.1 Å². The average Bonchev–Trinajstić information content (AvgIpc) is 2.29. The van der Waals surface area contributed by atoms with Crippen molar-refractivity contribution < 1.29 is 13.9 Å². The Bertz CT molecular complexity index is 380. The summed E-state index contributed by atoms with van der Waals surface area (Å²) in [5.74, 6) is -1.22. The van der Waals surface area contributed by atoms with Crippen LogP contribution >= 0.6 is 0 Å². The van der Waals surface area contributed by atoms with E-state index in [2.05, 4.69) is 5.32 Å². The number of nitrogens with zero attached hydrogens (tertiary/aromatic N) is 1. The maximum absolute atomic E-state index is 13.8. The van der Waals surface area contributed by atoms with Crippen LogP contribution in [0.2, 0.25) is 0 Å². The number of benzene rings is 1. The molecule has 0 aromatic heterocycles. The van der Waals surface area contributed by atoms with Crippen molar-refractivity contribution in [2.45, 2.75) is 13.0 Å². The molecule has 0 spiro atoms. The number of halogens is 2. The summed E-state index contributed by atoms with van der Waals surface area (Å²) in [5, 5.41) is 12.4. The molecule has 94 valence electrons. The van der Waals surface area contributed by atoms with E-state index in [1.54, 1.807) is 4.90 Å². The number of hydrogen-bond acceptors (Lipinski definition) is 3. The number of anilines is 1. The SMILES string of the molecule is CC(O)c1cc(F)c(N2CCNCC2)c(F)c1. The molecule has 0 radical (unpaired) electrons. The van der Waals surface area contributed by atoms with Crippen LogP contribution in [0, 0.1) is 11.6 Å². The highest BCUT2D eigenvalue weighted by molar-refractivity contribution is 5.51. The molecule has 0 bridgehead atoms. The van der Waals surface area contributed by atoms with Gasteiger partial charge in [0.1, 0.15) is 17.3 Å². The smallest absolute Gasteiger partial charge is 0.149 e. The number of aliphatic hydroxyl groups is 1. The van der Waals surface area contributed by atoms with Crippen LogP contribution in [0.4, 0.5) is 14.5 Å². The third kappa shape index (κ3) is 2.56. The van der Waals surface area contributed by atoms with Gasteiger partial charge in [-0.2, -0.15) is 0 Å². The van der Waals surface area contributed by atoms with Crippen molar-refractivity contribution in [1.29, 1.82) is 0 Å². The normalized spacial score (nSPS) is 18.2. The van der Waals surface area contributed by atoms with Crippen LogP contribution in [0.1, 0.15) is 18.6 Å². The van der Waals surface area contributed by atoms with E-state index in [0.717, 1.165) is 13.1 Å². The summed E-state index contributed by atoms with van der Waals surface area (Å²) in [5.41, 5.74) is 0.273. The highest BCUT2D eigenvalue weighted by Crippen LogP contribution is 2.27. The summed E-state index contributed by atoms with van der Waals surface area (Å²) in [7, 11) is 0. The lowest BCUT2D eigenvalue weighted by atomic mass is 10.1. The van der Waals surface area contributed by atoms with Crippen molar-refractivity contribution in [3.8, 4) is 0 Å². The second kappa shape index (κ2) is 4.98. The molecule has 3 nitrogen and oxygen atoms in total. The van der Waals surface area contributed by atoms with E-state index in [9.17, 15) is 13.9 Å². The van der Waals surface area contributed by atoms with Crippen LogP contribution in [0.25, 0.3) is 0 Å². The Morgan fingerprint density at radius 1 is 1.24 bits per heavy atom. The molecule has 0 amide bonds. The van der Waals surface area contributed by atoms with Gasteiger partial charge in [0.05, 0.1) is 6.10 Å². The molecule has 0 saturated carbocycles. The predicted molar refractivity (Wildman–Crippen MR) is 62.1 cm³/mol. The highest BCUT2D eigenvalue weighted by atomic mass is 19.1. The number of piperazine rings is 1. The molecule has 1 aromatic rings. The molecular weight excluding hydrogens is 226 g/mol. The van der Waals surface area contributed by atoms with Crippen LogP contribution in [-0.2, 0) is 0 Å². The van der Waals surface area contributed by atoms with E-state index in [1.807, 2.05) is 0 Å². The van der Waals surface area contributed by atoms with Crippen molar-refractivity contribution in [3.05, 3.63) is 29.3 Å². The van der Waals surface area contributed by atoms with Gasteiger partial charge in [0.2, 0.25) is 0 Å². The maximum atomic E-state index is 13.8. The van der Waals surface area contributed by atoms with E-state index >= 15 is 0 Å². The number of nitrogens with one attached hydrogen (secondary N) is 1. The zero-order valence-corrected chi connectivity index (χ0v) is 9.71. The predicted octanol–water partition coefficient (Wildman–Crippen LogP) is 1.43. The molecule has 1 fully saturated rings. The fourth-order valence-electron chi connectivity index (χ4n) is 2.02. The van der Waals surface area contributed by atoms with Crippen molar-refractivity contribution in [2.24, 2.45) is 0 Å². The summed E-state index contributed by atoms with van der Waals surface area (Å²) >= 11 is 0.